The van der Waals surface area contributed by atoms with Crippen LogP contribution in [0.2, 0.25) is 0 Å². The second-order valence-corrected chi connectivity index (χ2v) is 6.96. The van der Waals surface area contributed by atoms with Crippen molar-refractivity contribution in [3.05, 3.63) is 65.1 Å². The Kier molecular flexibility index (Phi) is 5.62. The fourth-order valence-corrected chi connectivity index (χ4v) is 3.27. The van der Waals surface area contributed by atoms with Crippen molar-refractivity contribution in [1.82, 2.24) is 4.57 Å². The molecule has 0 fully saturated rings. The maximum Gasteiger partial charge on any atom is 0.165 e. The molecule has 2 aromatic carbocycles. The SMILES string of the molecule is CCCn1cc(C(C)CN)c2c(OCc3ccc(C)cc3)c(F)ccc21. The van der Waals surface area contributed by atoms with Crippen molar-refractivity contribution in [1.29, 1.82) is 0 Å². The molecule has 0 aliphatic heterocycles. The topological polar surface area (TPSA) is 40.2 Å². The molecule has 0 radical (unpaired) electrons. The van der Waals surface area contributed by atoms with Crippen LogP contribution in [-0.2, 0) is 13.2 Å². The van der Waals surface area contributed by atoms with Crippen LogP contribution in [0.4, 0.5) is 4.39 Å². The standard InChI is InChI=1S/C22H27FN2O/c1-4-11-25-13-18(16(3)12-24)21-20(25)10-9-19(23)22(21)26-14-17-7-5-15(2)6-8-17/h5-10,13,16H,4,11-12,14,24H2,1-3H3. The molecule has 3 aromatic rings. The van der Waals surface area contributed by atoms with Gasteiger partial charge in [0.2, 0.25) is 0 Å². The van der Waals surface area contributed by atoms with Gasteiger partial charge in [-0.1, -0.05) is 43.7 Å². The lowest BCUT2D eigenvalue weighted by Crippen LogP contribution is -2.09. The Morgan fingerprint density at radius 1 is 1.15 bits per heavy atom. The van der Waals surface area contributed by atoms with Gasteiger partial charge in [-0.15, -0.1) is 0 Å². The Hall–Kier alpha value is -2.33. The quantitative estimate of drug-likeness (QED) is 0.638. The molecule has 1 aromatic heterocycles. The summed E-state index contributed by atoms with van der Waals surface area (Å²) in [5.41, 5.74) is 10.2. The van der Waals surface area contributed by atoms with Crippen molar-refractivity contribution in [3.8, 4) is 5.75 Å². The molecule has 0 aliphatic rings. The highest BCUT2D eigenvalue weighted by Gasteiger charge is 2.20. The van der Waals surface area contributed by atoms with E-state index in [1.54, 1.807) is 0 Å². The van der Waals surface area contributed by atoms with Crippen LogP contribution in [0, 0.1) is 12.7 Å². The average molecular weight is 354 g/mol. The van der Waals surface area contributed by atoms with Crippen molar-refractivity contribution >= 4 is 10.9 Å². The number of benzene rings is 2. The Labute approximate surface area is 154 Å². The molecule has 3 nitrogen and oxygen atoms in total. The number of fused-ring (bicyclic) bond motifs is 1. The van der Waals surface area contributed by atoms with Gasteiger partial charge in [0.15, 0.2) is 11.6 Å². The normalized spacial score (nSPS) is 12.5. The molecular formula is C22H27FN2O. The maximum absolute atomic E-state index is 14.7. The molecule has 0 bridgehead atoms. The molecule has 0 spiro atoms. The summed E-state index contributed by atoms with van der Waals surface area (Å²) in [6.45, 7) is 7.99. The predicted molar refractivity (Wildman–Crippen MR) is 105 cm³/mol. The van der Waals surface area contributed by atoms with Crippen LogP contribution in [0.1, 0.15) is 42.9 Å². The Bertz CT molecular complexity index is 883. The van der Waals surface area contributed by atoms with Crippen molar-refractivity contribution in [2.24, 2.45) is 5.73 Å². The molecular weight excluding hydrogens is 327 g/mol. The summed E-state index contributed by atoms with van der Waals surface area (Å²) in [6.07, 6.45) is 3.11. The van der Waals surface area contributed by atoms with Gasteiger partial charge in [0.1, 0.15) is 6.61 Å². The van der Waals surface area contributed by atoms with Crippen molar-refractivity contribution in [2.75, 3.05) is 6.54 Å². The second-order valence-electron chi connectivity index (χ2n) is 6.96. The first-order chi connectivity index (χ1) is 12.5. The van der Waals surface area contributed by atoms with E-state index in [1.165, 1.54) is 11.6 Å². The van der Waals surface area contributed by atoms with E-state index in [2.05, 4.69) is 24.6 Å². The van der Waals surface area contributed by atoms with Gasteiger partial charge in [0, 0.05) is 18.1 Å². The molecule has 1 atom stereocenters. The van der Waals surface area contributed by atoms with Crippen molar-refractivity contribution < 1.29 is 9.13 Å². The molecule has 0 amide bonds. The van der Waals surface area contributed by atoms with Gasteiger partial charge < -0.3 is 15.0 Å². The van der Waals surface area contributed by atoms with Gasteiger partial charge in [0.25, 0.3) is 0 Å². The summed E-state index contributed by atoms with van der Waals surface area (Å²) in [6, 6.07) is 11.4. The molecule has 1 unspecified atom stereocenters. The first-order valence-corrected chi connectivity index (χ1v) is 9.24. The monoisotopic (exact) mass is 354 g/mol. The highest BCUT2D eigenvalue weighted by atomic mass is 19.1. The first kappa shape index (κ1) is 18.5. The highest BCUT2D eigenvalue weighted by molar-refractivity contribution is 5.90. The number of hydrogen-bond acceptors (Lipinski definition) is 2. The van der Waals surface area contributed by atoms with E-state index < -0.39 is 0 Å². The van der Waals surface area contributed by atoms with Crippen LogP contribution in [0.25, 0.3) is 10.9 Å². The largest absolute Gasteiger partial charge is 0.485 e. The van der Waals surface area contributed by atoms with Crippen LogP contribution in [-0.4, -0.2) is 11.1 Å². The second kappa shape index (κ2) is 7.92. The number of ether oxygens (including phenoxy) is 1. The van der Waals surface area contributed by atoms with Crippen LogP contribution in [0.15, 0.2) is 42.6 Å². The minimum absolute atomic E-state index is 0.138. The first-order valence-electron chi connectivity index (χ1n) is 9.24. The lowest BCUT2D eigenvalue weighted by molar-refractivity contribution is 0.294. The lowest BCUT2D eigenvalue weighted by atomic mass is 10.00. The fourth-order valence-electron chi connectivity index (χ4n) is 3.27. The number of aromatic nitrogens is 1. The third-order valence-electron chi connectivity index (χ3n) is 4.83. The minimum atomic E-state index is -0.329. The van der Waals surface area contributed by atoms with Gasteiger partial charge in [0.05, 0.1) is 5.52 Å². The summed E-state index contributed by atoms with van der Waals surface area (Å²) < 4.78 is 22.8. The lowest BCUT2D eigenvalue weighted by Gasteiger charge is -2.13. The molecule has 0 aliphatic carbocycles. The van der Waals surface area contributed by atoms with E-state index in [1.807, 2.05) is 37.3 Å². The summed E-state index contributed by atoms with van der Waals surface area (Å²) >= 11 is 0. The summed E-state index contributed by atoms with van der Waals surface area (Å²) in [4.78, 5) is 0. The van der Waals surface area contributed by atoms with E-state index in [0.29, 0.717) is 18.9 Å². The van der Waals surface area contributed by atoms with E-state index in [9.17, 15) is 4.39 Å². The fraction of sp³-hybridized carbons (Fsp3) is 0.364. The Morgan fingerprint density at radius 3 is 2.54 bits per heavy atom. The number of aryl methyl sites for hydroxylation is 2. The van der Waals surface area contributed by atoms with Gasteiger partial charge in [-0.25, -0.2) is 4.39 Å². The predicted octanol–water partition coefficient (Wildman–Crippen LogP) is 5.14. The van der Waals surface area contributed by atoms with Gasteiger partial charge in [-0.2, -0.15) is 0 Å². The smallest absolute Gasteiger partial charge is 0.165 e. The summed E-state index contributed by atoms with van der Waals surface area (Å²) in [7, 11) is 0. The van der Waals surface area contributed by atoms with Gasteiger partial charge in [-0.05, 0) is 49.1 Å². The Morgan fingerprint density at radius 2 is 1.88 bits per heavy atom. The number of nitrogens with two attached hydrogens (primary N) is 1. The van der Waals surface area contributed by atoms with Crippen molar-refractivity contribution in [2.45, 2.75) is 46.3 Å². The molecule has 0 saturated carbocycles. The van der Waals surface area contributed by atoms with Crippen LogP contribution in [0.3, 0.4) is 0 Å². The summed E-state index contributed by atoms with van der Waals surface area (Å²) in [5.74, 6) is 0.136. The number of rotatable bonds is 7. The molecule has 2 N–H and O–H groups in total. The van der Waals surface area contributed by atoms with E-state index in [4.69, 9.17) is 10.5 Å². The molecule has 0 saturated heterocycles. The van der Waals surface area contributed by atoms with E-state index in [-0.39, 0.29) is 11.7 Å². The number of halogens is 1. The number of nitrogens with zero attached hydrogens (tertiary/aromatic N) is 1. The Balaban J connectivity index is 2.04. The van der Waals surface area contributed by atoms with Crippen LogP contribution >= 0.6 is 0 Å². The average Bonchev–Trinajstić information content (AvgIpc) is 3.00. The maximum atomic E-state index is 14.7. The van der Waals surface area contributed by atoms with E-state index in [0.717, 1.165) is 35.0 Å². The zero-order valence-electron chi connectivity index (χ0n) is 15.8. The molecule has 3 rings (SSSR count). The molecule has 1 heterocycles. The van der Waals surface area contributed by atoms with Crippen LogP contribution in [0.5, 0.6) is 5.75 Å². The van der Waals surface area contributed by atoms with Crippen molar-refractivity contribution in [3.63, 3.8) is 0 Å². The third kappa shape index (κ3) is 3.61. The van der Waals surface area contributed by atoms with Crippen LogP contribution < -0.4 is 10.5 Å². The number of hydrogen-bond donors (Lipinski definition) is 1. The van der Waals surface area contributed by atoms with E-state index >= 15 is 0 Å². The zero-order valence-corrected chi connectivity index (χ0v) is 15.8. The highest BCUT2D eigenvalue weighted by Crippen LogP contribution is 2.37. The molecule has 138 valence electrons. The zero-order chi connectivity index (χ0) is 18.7. The summed E-state index contributed by atoms with van der Waals surface area (Å²) in [5, 5.41) is 0.850. The molecule has 4 heteroatoms. The minimum Gasteiger partial charge on any atom is -0.485 e. The third-order valence-corrected chi connectivity index (χ3v) is 4.83. The van der Waals surface area contributed by atoms with Gasteiger partial charge in [-0.3, -0.25) is 0 Å². The van der Waals surface area contributed by atoms with Gasteiger partial charge >= 0.3 is 0 Å². The molecule has 26 heavy (non-hydrogen) atoms.